The Morgan fingerprint density at radius 3 is 1.83 bits per heavy atom. The average Bonchev–Trinajstić information content (AvgIpc) is 2.61. The molecule has 4 N–H and O–H groups in total. The second kappa shape index (κ2) is 7.15. The molecule has 0 spiro atoms. The molecule has 3 rings (SSSR count). The van der Waals surface area contributed by atoms with Gasteiger partial charge in [0.25, 0.3) is 0 Å². The molecule has 0 aliphatic carbocycles. The molecule has 5 heteroatoms. The maximum Gasteiger partial charge on any atom is 0.186 e. The van der Waals surface area contributed by atoms with Gasteiger partial charge in [-0.05, 0) is 46.5 Å². The van der Waals surface area contributed by atoms with Gasteiger partial charge in [0.15, 0.2) is 5.96 Å². The van der Waals surface area contributed by atoms with Crippen LogP contribution < -0.4 is 11.5 Å². The zero-order chi connectivity index (χ0) is 16.9. The van der Waals surface area contributed by atoms with Gasteiger partial charge >= 0.3 is 0 Å². The second-order valence-electron chi connectivity index (χ2n) is 5.37. The molecule has 0 aliphatic rings. The van der Waals surface area contributed by atoms with E-state index in [1.165, 1.54) is 0 Å². The van der Waals surface area contributed by atoms with Gasteiger partial charge in [0.1, 0.15) is 6.04 Å². The maximum atomic E-state index is 5.94. The third kappa shape index (κ3) is 3.73. The average molecular weight is 337 g/mol. The Morgan fingerprint density at radius 1 is 0.792 bits per heavy atom. The van der Waals surface area contributed by atoms with E-state index in [0.717, 1.165) is 27.3 Å². The van der Waals surface area contributed by atoms with Crippen LogP contribution in [0, 0.1) is 0 Å². The van der Waals surface area contributed by atoms with Crippen molar-refractivity contribution in [2.24, 2.45) is 16.5 Å². The number of hydrogen-bond acceptors (Lipinski definition) is 2. The molecule has 0 saturated heterocycles. The first-order valence-electron chi connectivity index (χ1n) is 7.48. The Kier molecular flexibility index (Phi) is 4.77. The number of hydrogen-bond donors (Lipinski definition) is 2. The summed E-state index contributed by atoms with van der Waals surface area (Å²) in [6.45, 7) is 0. The molecule has 0 amide bonds. The minimum Gasteiger partial charge on any atom is -0.370 e. The van der Waals surface area contributed by atoms with Crippen LogP contribution in [0.25, 0.3) is 11.1 Å². The quantitative estimate of drug-likeness (QED) is 0.562. The molecule has 0 radical (unpaired) electrons. The van der Waals surface area contributed by atoms with Crippen molar-refractivity contribution in [3.8, 4) is 11.1 Å². The molecule has 0 fully saturated rings. The van der Waals surface area contributed by atoms with Crippen molar-refractivity contribution in [3.63, 3.8) is 0 Å². The van der Waals surface area contributed by atoms with Crippen LogP contribution in [0.2, 0.25) is 5.02 Å². The van der Waals surface area contributed by atoms with Crippen LogP contribution in [0.1, 0.15) is 17.2 Å². The van der Waals surface area contributed by atoms with Crippen molar-refractivity contribution in [2.75, 3.05) is 0 Å². The molecule has 0 saturated carbocycles. The lowest BCUT2D eigenvalue weighted by molar-refractivity contribution is 0.864. The van der Waals surface area contributed by atoms with Gasteiger partial charge in [0.2, 0.25) is 0 Å². The fourth-order valence-electron chi connectivity index (χ4n) is 2.54. The van der Waals surface area contributed by atoms with Gasteiger partial charge in [-0.25, -0.2) is 4.99 Å². The minimum atomic E-state index is -0.253. The number of benzene rings is 2. The summed E-state index contributed by atoms with van der Waals surface area (Å²) >= 11 is 5.94. The highest BCUT2D eigenvalue weighted by Gasteiger charge is 2.13. The topological polar surface area (TPSA) is 77.3 Å². The zero-order valence-electron chi connectivity index (χ0n) is 12.9. The van der Waals surface area contributed by atoms with Crippen molar-refractivity contribution in [1.29, 1.82) is 0 Å². The fraction of sp³-hybridized carbons (Fsp3) is 0.0526. The summed E-state index contributed by atoms with van der Waals surface area (Å²) in [5.41, 5.74) is 15.4. The lowest BCUT2D eigenvalue weighted by Crippen LogP contribution is -2.24. The first-order valence-corrected chi connectivity index (χ1v) is 7.86. The Hall–Kier alpha value is -2.85. The molecule has 4 nitrogen and oxygen atoms in total. The highest BCUT2D eigenvalue weighted by molar-refractivity contribution is 6.30. The predicted octanol–water partition coefficient (Wildman–Crippen LogP) is 3.76. The summed E-state index contributed by atoms with van der Waals surface area (Å²) in [4.78, 5) is 8.40. The van der Waals surface area contributed by atoms with E-state index in [9.17, 15) is 0 Å². The van der Waals surface area contributed by atoms with Crippen molar-refractivity contribution in [3.05, 3.63) is 89.2 Å². The lowest BCUT2D eigenvalue weighted by atomic mass is 9.97. The number of halogens is 1. The molecule has 1 heterocycles. The van der Waals surface area contributed by atoms with Crippen molar-refractivity contribution >= 4 is 17.6 Å². The van der Waals surface area contributed by atoms with E-state index in [0.29, 0.717) is 0 Å². The number of nitrogens with two attached hydrogens (primary N) is 2. The fourth-order valence-corrected chi connectivity index (χ4v) is 2.66. The summed E-state index contributed by atoms with van der Waals surface area (Å²) in [6.07, 6.45) is 3.46. The van der Waals surface area contributed by atoms with E-state index >= 15 is 0 Å². The molecular weight excluding hydrogens is 320 g/mol. The molecular formula is C19H17ClN4. The zero-order valence-corrected chi connectivity index (χ0v) is 13.7. The molecule has 24 heavy (non-hydrogen) atoms. The van der Waals surface area contributed by atoms with E-state index < -0.39 is 0 Å². The normalized spacial score (nSPS) is 11.7. The largest absolute Gasteiger partial charge is 0.370 e. The van der Waals surface area contributed by atoms with Crippen LogP contribution in [0.15, 0.2) is 78.0 Å². The first kappa shape index (κ1) is 16.0. The van der Waals surface area contributed by atoms with Crippen LogP contribution >= 0.6 is 11.6 Å². The van der Waals surface area contributed by atoms with Gasteiger partial charge in [-0.1, -0.05) is 48.0 Å². The van der Waals surface area contributed by atoms with Crippen molar-refractivity contribution in [2.45, 2.75) is 6.04 Å². The molecule has 0 bridgehead atoms. The second-order valence-corrected chi connectivity index (χ2v) is 5.80. The maximum absolute atomic E-state index is 5.94. The van der Waals surface area contributed by atoms with Gasteiger partial charge in [-0.15, -0.1) is 0 Å². The van der Waals surface area contributed by atoms with E-state index in [1.807, 2.05) is 48.5 Å². The molecule has 2 aromatic carbocycles. The molecule has 1 aromatic heterocycles. The van der Waals surface area contributed by atoms with Gasteiger partial charge in [-0.3, -0.25) is 4.98 Å². The first-order chi connectivity index (χ1) is 11.6. The molecule has 1 atom stereocenters. The Morgan fingerprint density at radius 2 is 1.29 bits per heavy atom. The van der Waals surface area contributed by atoms with Crippen LogP contribution in [0.5, 0.6) is 0 Å². The number of rotatable bonds is 4. The van der Waals surface area contributed by atoms with Crippen LogP contribution in [-0.4, -0.2) is 10.9 Å². The highest BCUT2D eigenvalue weighted by atomic mass is 35.5. The van der Waals surface area contributed by atoms with Gasteiger partial charge in [0.05, 0.1) is 0 Å². The summed E-state index contributed by atoms with van der Waals surface area (Å²) in [6, 6.07) is 19.5. The number of nitrogens with zero attached hydrogens (tertiary/aromatic N) is 2. The summed E-state index contributed by atoms with van der Waals surface area (Å²) in [5, 5.41) is 0.723. The van der Waals surface area contributed by atoms with E-state index in [-0.39, 0.29) is 12.0 Å². The Labute approximate surface area is 145 Å². The summed E-state index contributed by atoms with van der Waals surface area (Å²) < 4.78 is 0. The SMILES string of the molecule is NC(N)=NC(c1ccncc1)c1ccc(-c2ccc(Cl)cc2)cc1. The monoisotopic (exact) mass is 336 g/mol. The third-order valence-corrected chi connectivity index (χ3v) is 3.96. The van der Waals surface area contributed by atoms with Crippen LogP contribution in [0.3, 0.4) is 0 Å². The molecule has 120 valence electrons. The number of aliphatic imine (C=N–C) groups is 1. The molecule has 1 unspecified atom stereocenters. The smallest absolute Gasteiger partial charge is 0.186 e. The van der Waals surface area contributed by atoms with Crippen LogP contribution in [-0.2, 0) is 0 Å². The number of aromatic nitrogens is 1. The molecule has 3 aromatic rings. The summed E-state index contributed by atoms with van der Waals surface area (Å²) in [5.74, 6) is 0.0543. The molecule has 0 aliphatic heterocycles. The standard InChI is InChI=1S/C19H17ClN4/c20-17-7-5-14(6-8-17)13-1-3-15(4-2-13)18(24-19(21)22)16-9-11-23-12-10-16/h1-12,18H,(H4,21,22,24). The summed E-state index contributed by atoms with van der Waals surface area (Å²) in [7, 11) is 0. The lowest BCUT2D eigenvalue weighted by Gasteiger charge is -2.14. The van der Waals surface area contributed by atoms with Crippen LogP contribution in [0.4, 0.5) is 0 Å². The Balaban J connectivity index is 1.95. The van der Waals surface area contributed by atoms with E-state index in [1.54, 1.807) is 12.4 Å². The third-order valence-electron chi connectivity index (χ3n) is 3.70. The van der Waals surface area contributed by atoms with Crippen molar-refractivity contribution in [1.82, 2.24) is 4.98 Å². The number of guanidine groups is 1. The van der Waals surface area contributed by atoms with Gasteiger partial charge < -0.3 is 11.5 Å². The minimum absolute atomic E-state index is 0.0543. The predicted molar refractivity (Wildman–Crippen MR) is 98.8 cm³/mol. The van der Waals surface area contributed by atoms with Crippen molar-refractivity contribution < 1.29 is 0 Å². The highest BCUT2D eigenvalue weighted by Crippen LogP contribution is 2.28. The Bertz CT molecular complexity index is 824. The van der Waals surface area contributed by atoms with E-state index in [4.69, 9.17) is 23.1 Å². The van der Waals surface area contributed by atoms with Gasteiger partial charge in [-0.2, -0.15) is 0 Å². The number of pyridine rings is 1. The van der Waals surface area contributed by atoms with E-state index in [2.05, 4.69) is 22.1 Å². The van der Waals surface area contributed by atoms with Gasteiger partial charge in [0, 0.05) is 17.4 Å².